The van der Waals surface area contributed by atoms with E-state index in [0.29, 0.717) is 18.4 Å². The van der Waals surface area contributed by atoms with Gasteiger partial charge < -0.3 is 18.7 Å². The number of likely N-dealkylation sites (tertiary alicyclic amines) is 1. The van der Waals surface area contributed by atoms with E-state index in [-0.39, 0.29) is 5.41 Å². The van der Waals surface area contributed by atoms with Crippen LogP contribution in [-0.4, -0.2) is 58.7 Å². The van der Waals surface area contributed by atoms with Crippen molar-refractivity contribution in [2.75, 3.05) is 26.3 Å². The number of carboxylic acid groups (broad SMARTS) is 1. The van der Waals surface area contributed by atoms with E-state index in [2.05, 4.69) is 21.2 Å². The van der Waals surface area contributed by atoms with Crippen LogP contribution in [0.1, 0.15) is 42.1 Å². The van der Waals surface area contributed by atoms with Gasteiger partial charge in [-0.1, -0.05) is 0 Å². The molecule has 2 atom stereocenters. The van der Waals surface area contributed by atoms with Gasteiger partial charge in [-0.2, -0.15) is 13.2 Å². The monoisotopic (exact) mass is 429 g/mol. The van der Waals surface area contributed by atoms with E-state index in [9.17, 15) is 13.2 Å². The Bertz CT molecular complexity index is 907. The molecule has 3 fully saturated rings. The molecule has 1 N–H and O–H groups in total. The SMILES string of the molecule is Cc1ccc(CN2C[C@@H]3COC[C@]3(c3nnc(C4CC4)o3)C2)o1.O=C(O)C(F)(F)F. The van der Waals surface area contributed by atoms with Gasteiger partial charge in [0.2, 0.25) is 11.8 Å². The molecule has 1 saturated carbocycles. The number of ether oxygens (including phenoxy) is 1. The molecule has 0 spiro atoms. The summed E-state index contributed by atoms with van der Waals surface area (Å²) < 4.78 is 49.3. The summed E-state index contributed by atoms with van der Waals surface area (Å²) in [5.41, 5.74) is -0.137. The summed E-state index contributed by atoms with van der Waals surface area (Å²) in [6, 6.07) is 4.08. The Morgan fingerprint density at radius 2 is 2.03 bits per heavy atom. The second-order valence-corrected chi connectivity index (χ2v) is 8.07. The summed E-state index contributed by atoms with van der Waals surface area (Å²) in [4.78, 5) is 11.3. The van der Waals surface area contributed by atoms with Gasteiger partial charge in [0.1, 0.15) is 11.5 Å². The van der Waals surface area contributed by atoms with Crippen molar-refractivity contribution >= 4 is 5.97 Å². The lowest BCUT2D eigenvalue weighted by molar-refractivity contribution is -0.192. The molecule has 0 amide bonds. The molecular weight excluding hydrogens is 407 g/mol. The van der Waals surface area contributed by atoms with E-state index in [1.807, 2.05) is 13.0 Å². The molecule has 2 aromatic heterocycles. The molecule has 11 heteroatoms. The Morgan fingerprint density at radius 3 is 2.63 bits per heavy atom. The highest BCUT2D eigenvalue weighted by atomic mass is 19.4. The number of fused-ring (bicyclic) bond motifs is 1. The van der Waals surface area contributed by atoms with Gasteiger partial charge in [-0.25, -0.2) is 4.79 Å². The van der Waals surface area contributed by atoms with E-state index in [4.69, 9.17) is 23.5 Å². The van der Waals surface area contributed by atoms with Gasteiger partial charge in [0, 0.05) is 24.9 Å². The third-order valence-corrected chi connectivity index (χ3v) is 5.66. The number of carbonyl (C=O) groups is 1. The number of furan rings is 1. The minimum absolute atomic E-state index is 0.137. The molecule has 164 valence electrons. The highest BCUT2D eigenvalue weighted by Crippen LogP contribution is 2.46. The number of aryl methyl sites for hydroxylation is 1. The molecule has 3 aliphatic rings. The number of hydrogen-bond acceptors (Lipinski definition) is 7. The summed E-state index contributed by atoms with van der Waals surface area (Å²) in [7, 11) is 0. The average molecular weight is 429 g/mol. The van der Waals surface area contributed by atoms with Crippen LogP contribution in [0.15, 0.2) is 21.0 Å². The van der Waals surface area contributed by atoms with Crippen molar-refractivity contribution in [3.63, 3.8) is 0 Å². The standard InChI is InChI=1S/C17H21N3O3.C2HF3O2/c1-11-2-5-14(22-11)7-20-6-13-8-21-10-17(13,9-20)16-19-18-15(23-16)12-3-4-12;3-2(4,5)1(6)7/h2,5,12-13H,3-4,6-10H2,1H3;(H,6,7)/t13-,17-;/m1./s1. The Balaban J connectivity index is 0.000000272. The summed E-state index contributed by atoms with van der Waals surface area (Å²) in [5.74, 6) is 1.74. The van der Waals surface area contributed by atoms with E-state index >= 15 is 0 Å². The van der Waals surface area contributed by atoms with Crippen molar-refractivity contribution in [2.45, 2.75) is 43.8 Å². The number of aliphatic carboxylic acids is 1. The van der Waals surface area contributed by atoms with Crippen LogP contribution >= 0.6 is 0 Å². The number of aromatic nitrogens is 2. The first kappa shape index (κ1) is 20.9. The largest absolute Gasteiger partial charge is 0.490 e. The fraction of sp³-hybridized carbons (Fsp3) is 0.632. The second-order valence-electron chi connectivity index (χ2n) is 8.07. The van der Waals surface area contributed by atoms with E-state index in [1.54, 1.807) is 0 Å². The normalized spacial score (nSPS) is 26.3. The average Bonchev–Trinajstić information content (AvgIpc) is 2.99. The lowest BCUT2D eigenvalue weighted by Crippen LogP contribution is -2.35. The fourth-order valence-corrected chi connectivity index (χ4v) is 3.98. The van der Waals surface area contributed by atoms with Gasteiger partial charge in [-0.05, 0) is 31.9 Å². The lowest BCUT2D eigenvalue weighted by Gasteiger charge is -2.22. The Morgan fingerprint density at radius 1 is 1.30 bits per heavy atom. The van der Waals surface area contributed by atoms with Crippen molar-refractivity contribution in [3.8, 4) is 0 Å². The first-order valence-corrected chi connectivity index (χ1v) is 9.67. The molecule has 0 unspecified atom stereocenters. The third kappa shape index (κ3) is 4.22. The van der Waals surface area contributed by atoms with Gasteiger partial charge in [-0.3, -0.25) is 4.90 Å². The number of halogens is 3. The van der Waals surface area contributed by atoms with Crippen molar-refractivity contribution in [1.82, 2.24) is 15.1 Å². The molecule has 0 radical (unpaired) electrons. The molecular formula is C19H22F3N3O5. The van der Waals surface area contributed by atoms with Crippen LogP contribution in [0.2, 0.25) is 0 Å². The molecule has 4 heterocycles. The summed E-state index contributed by atoms with van der Waals surface area (Å²) >= 11 is 0. The van der Waals surface area contributed by atoms with Crippen molar-refractivity contribution < 1.29 is 36.6 Å². The minimum Gasteiger partial charge on any atom is -0.475 e. The van der Waals surface area contributed by atoms with Gasteiger partial charge in [-0.15, -0.1) is 10.2 Å². The van der Waals surface area contributed by atoms with Crippen LogP contribution in [0, 0.1) is 12.8 Å². The van der Waals surface area contributed by atoms with Crippen molar-refractivity contribution in [1.29, 1.82) is 0 Å². The van der Waals surface area contributed by atoms with Crippen LogP contribution in [-0.2, 0) is 21.5 Å². The molecule has 5 rings (SSSR count). The van der Waals surface area contributed by atoms with E-state index in [1.165, 1.54) is 12.8 Å². The third-order valence-electron chi connectivity index (χ3n) is 5.66. The number of hydrogen-bond donors (Lipinski definition) is 1. The zero-order valence-corrected chi connectivity index (χ0v) is 16.3. The Kier molecular flexibility index (Phi) is 5.35. The van der Waals surface area contributed by atoms with Crippen LogP contribution in [0.5, 0.6) is 0 Å². The number of carboxylic acids is 1. The molecule has 8 nitrogen and oxygen atoms in total. The van der Waals surface area contributed by atoms with Crippen LogP contribution < -0.4 is 0 Å². The minimum atomic E-state index is -5.08. The quantitative estimate of drug-likeness (QED) is 0.792. The fourth-order valence-electron chi connectivity index (χ4n) is 3.98. The number of alkyl halides is 3. The Hall–Kier alpha value is -2.40. The maximum absolute atomic E-state index is 10.6. The topological polar surface area (TPSA) is 102 Å². The van der Waals surface area contributed by atoms with Crippen molar-refractivity contribution in [2.24, 2.45) is 5.92 Å². The Labute approximate surface area is 170 Å². The molecule has 2 saturated heterocycles. The summed E-state index contributed by atoms with van der Waals surface area (Å²) in [5, 5.41) is 15.8. The maximum atomic E-state index is 10.6. The zero-order chi connectivity index (χ0) is 21.5. The maximum Gasteiger partial charge on any atom is 0.490 e. The summed E-state index contributed by atoms with van der Waals surface area (Å²) in [6.07, 6.45) is -2.73. The summed E-state index contributed by atoms with van der Waals surface area (Å²) in [6.45, 7) is 6.14. The highest BCUT2D eigenvalue weighted by Gasteiger charge is 2.55. The highest BCUT2D eigenvalue weighted by molar-refractivity contribution is 5.73. The second kappa shape index (κ2) is 7.69. The predicted octanol–water partition coefficient (Wildman–Crippen LogP) is 2.88. The molecule has 2 aliphatic heterocycles. The predicted molar refractivity (Wildman–Crippen MR) is 94.7 cm³/mol. The van der Waals surface area contributed by atoms with Gasteiger partial charge in [0.05, 0.1) is 25.2 Å². The van der Waals surface area contributed by atoms with E-state index in [0.717, 1.165) is 49.5 Å². The zero-order valence-electron chi connectivity index (χ0n) is 16.3. The van der Waals surface area contributed by atoms with Gasteiger partial charge in [0.25, 0.3) is 0 Å². The first-order valence-electron chi connectivity index (χ1n) is 9.67. The van der Waals surface area contributed by atoms with Gasteiger partial charge in [0.15, 0.2) is 0 Å². The molecule has 0 bridgehead atoms. The van der Waals surface area contributed by atoms with Gasteiger partial charge >= 0.3 is 12.1 Å². The molecule has 0 aromatic carbocycles. The molecule has 30 heavy (non-hydrogen) atoms. The first-order chi connectivity index (χ1) is 14.2. The molecule has 2 aromatic rings. The van der Waals surface area contributed by atoms with E-state index < -0.39 is 12.1 Å². The molecule has 1 aliphatic carbocycles. The van der Waals surface area contributed by atoms with Crippen LogP contribution in [0.3, 0.4) is 0 Å². The lowest BCUT2D eigenvalue weighted by atomic mass is 9.81. The van der Waals surface area contributed by atoms with Crippen LogP contribution in [0.25, 0.3) is 0 Å². The van der Waals surface area contributed by atoms with Crippen LogP contribution in [0.4, 0.5) is 13.2 Å². The van der Waals surface area contributed by atoms with Crippen molar-refractivity contribution in [3.05, 3.63) is 35.4 Å². The smallest absolute Gasteiger partial charge is 0.475 e. The number of rotatable bonds is 4. The number of nitrogens with zero attached hydrogens (tertiary/aromatic N) is 3.